The van der Waals surface area contributed by atoms with Gasteiger partial charge in [0.1, 0.15) is 0 Å². The number of nitrogens with zero attached hydrogens (tertiary/aromatic N) is 2. The monoisotopic (exact) mass is 417 g/mol. The van der Waals surface area contributed by atoms with E-state index in [0.29, 0.717) is 17.7 Å². The van der Waals surface area contributed by atoms with Gasteiger partial charge in [-0.15, -0.1) is 6.58 Å². The van der Waals surface area contributed by atoms with Gasteiger partial charge in [0.2, 0.25) is 0 Å². The molecule has 0 spiro atoms. The molecule has 0 radical (unpaired) electrons. The molecule has 3 rings (SSSR count). The minimum atomic E-state index is -3.26. The topological polar surface area (TPSA) is 92.5 Å². The van der Waals surface area contributed by atoms with Crippen LogP contribution in [0.4, 0.5) is 0 Å². The molecule has 8 heteroatoms. The molecule has 0 saturated carbocycles. The molecule has 1 fully saturated rings. The molecule has 156 valence electrons. The molecule has 1 aliphatic rings. The van der Waals surface area contributed by atoms with Gasteiger partial charge in [-0.1, -0.05) is 18.2 Å². The average Bonchev–Trinajstić information content (AvgIpc) is 3.20. The number of aromatic nitrogens is 1. The quantitative estimate of drug-likeness (QED) is 0.664. The van der Waals surface area contributed by atoms with Crippen molar-refractivity contribution in [2.75, 3.05) is 25.4 Å². The Bertz CT molecular complexity index is 943. The fourth-order valence-corrected chi connectivity index (χ4v) is 4.76. The Morgan fingerprint density at radius 3 is 2.62 bits per heavy atom. The summed E-state index contributed by atoms with van der Waals surface area (Å²) in [4.78, 5) is 15.1. The van der Waals surface area contributed by atoms with Crippen molar-refractivity contribution in [3.05, 3.63) is 48.7 Å². The number of hydrogen-bond acceptors (Lipinski definition) is 6. The second-order valence-corrected chi connectivity index (χ2v) is 9.37. The molecule has 1 aromatic heterocycles. The van der Waals surface area contributed by atoms with Crippen molar-refractivity contribution in [1.29, 1.82) is 0 Å². The smallest absolute Gasteiger partial charge is 0.273 e. The van der Waals surface area contributed by atoms with E-state index in [0.717, 1.165) is 32.5 Å². The van der Waals surface area contributed by atoms with Crippen LogP contribution in [-0.2, 0) is 9.84 Å². The zero-order chi connectivity index (χ0) is 20.9. The highest BCUT2D eigenvalue weighted by atomic mass is 32.2. The normalized spacial score (nSPS) is 15.9. The maximum atomic E-state index is 12.5. The Hall–Kier alpha value is -2.45. The van der Waals surface area contributed by atoms with Crippen LogP contribution in [0.15, 0.2) is 52.4 Å². The summed E-state index contributed by atoms with van der Waals surface area (Å²) in [5.41, 5.74) is 0.890. The van der Waals surface area contributed by atoms with Gasteiger partial charge in [0.05, 0.1) is 10.6 Å². The van der Waals surface area contributed by atoms with Crippen LogP contribution in [-0.4, -0.2) is 55.8 Å². The number of sulfone groups is 1. The highest BCUT2D eigenvalue weighted by Crippen LogP contribution is 2.23. The van der Waals surface area contributed by atoms with E-state index in [1.165, 1.54) is 0 Å². The fourth-order valence-electron chi connectivity index (χ4n) is 3.43. The zero-order valence-corrected chi connectivity index (χ0v) is 17.5. The van der Waals surface area contributed by atoms with Crippen molar-refractivity contribution in [3.63, 3.8) is 0 Å². The third-order valence-electron chi connectivity index (χ3n) is 5.02. The lowest BCUT2D eigenvalue weighted by atomic mass is 10.0. The lowest BCUT2D eigenvalue weighted by molar-refractivity contribution is 0.0905. The van der Waals surface area contributed by atoms with Gasteiger partial charge >= 0.3 is 0 Å². The number of rotatable bonds is 8. The summed E-state index contributed by atoms with van der Waals surface area (Å²) in [6, 6.07) is 8.14. The van der Waals surface area contributed by atoms with Crippen LogP contribution in [0.25, 0.3) is 11.3 Å². The molecule has 7 nitrogen and oxygen atoms in total. The SMILES string of the molecule is C=CCN1CCC(NC(=O)c2cc(-c3ccc(S(=O)(=O)CCC)cc3)on2)CC1. The Morgan fingerprint density at radius 2 is 2.00 bits per heavy atom. The number of hydrogen-bond donors (Lipinski definition) is 1. The van der Waals surface area contributed by atoms with Crippen molar-refractivity contribution in [3.8, 4) is 11.3 Å². The molecular formula is C21H27N3O4S. The maximum absolute atomic E-state index is 12.5. The molecular weight excluding hydrogens is 390 g/mol. The van der Waals surface area contributed by atoms with Gasteiger partial charge in [0.15, 0.2) is 21.3 Å². The highest BCUT2D eigenvalue weighted by Gasteiger charge is 2.22. The summed E-state index contributed by atoms with van der Waals surface area (Å²) in [5.74, 6) is 0.283. The highest BCUT2D eigenvalue weighted by molar-refractivity contribution is 7.91. The summed E-state index contributed by atoms with van der Waals surface area (Å²) in [7, 11) is -3.26. The van der Waals surface area contributed by atoms with E-state index in [1.807, 2.05) is 13.0 Å². The van der Waals surface area contributed by atoms with Gasteiger partial charge < -0.3 is 9.84 Å². The lowest BCUT2D eigenvalue weighted by Gasteiger charge is -2.31. The van der Waals surface area contributed by atoms with E-state index in [4.69, 9.17) is 4.52 Å². The number of likely N-dealkylation sites (tertiary alicyclic amines) is 1. The number of piperidine rings is 1. The minimum absolute atomic E-state index is 0.117. The summed E-state index contributed by atoms with van der Waals surface area (Å²) in [6.07, 6.45) is 4.23. The Balaban J connectivity index is 1.62. The molecule has 1 saturated heterocycles. The second-order valence-electron chi connectivity index (χ2n) is 7.26. The third kappa shape index (κ3) is 5.33. The Morgan fingerprint density at radius 1 is 1.31 bits per heavy atom. The summed E-state index contributed by atoms with van der Waals surface area (Å²) < 4.78 is 29.5. The molecule has 0 aliphatic carbocycles. The molecule has 1 aromatic carbocycles. The molecule has 0 bridgehead atoms. The van der Waals surface area contributed by atoms with E-state index >= 15 is 0 Å². The molecule has 1 N–H and O–H groups in total. The molecule has 2 aromatic rings. The van der Waals surface area contributed by atoms with E-state index in [2.05, 4.69) is 22.0 Å². The van der Waals surface area contributed by atoms with Gasteiger partial charge in [0, 0.05) is 37.3 Å². The number of benzene rings is 1. The van der Waals surface area contributed by atoms with Crippen molar-refractivity contribution in [1.82, 2.24) is 15.4 Å². The number of carbonyl (C=O) groups is 1. The van der Waals surface area contributed by atoms with Crippen LogP contribution >= 0.6 is 0 Å². The summed E-state index contributed by atoms with van der Waals surface area (Å²) >= 11 is 0. The van der Waals surface area contributed by atoms with Crippen molar-refractivity contribution >= 4 is 15.7 Å². The van der Waals surface area contributed by atoms with Gasteiger partial charge in [-0.2, -0.15) is 0 Å². The summed E-state index contributed by atoms with van der Waals surface area (Å²) in [6.45, 7) is 8.30. The van der Waals surface area contributed by atoms with Crippen LogP contribution in [0.1, 0.15) is 36.7 Å². The van der Waals surface area contributed by atoms with Gasteiger partial charge in [-0.25, -0.2) is 8.42 Å². The van der Waals surface area contributed by atoms with Gasteiger partial charge in [0.25, 0.3) is 5.91 Å². The maximum Gasteiger partial charge on any atom is 0.273 e. The Kier molecular flexibility index (Phi) is 6.87. The molecule has 0 atom stereocenters. The van der Waals surface area contributed by atoms with Crippen LogP contribution < -0.4 is 5.32 Å². The molecule has 0 unspecified atom stereocenters. The first-order valence-electron chi connectivity index (χ1n) is 9.87. The van der Waals surface area contributed by atoms with Crippen LogP contribution in [0.3, 0.4) is 0 Å². The largest absolute Gasteiger partial charge is 0.355 e. The molecule has 1 amide bonds. The van der Waals surface area contributed by atoms with E-state index in [9.17, 15) is 13.2 Å². The first-order valence-corrected chi connectivity index (χ1v) is 11.5. The standard InChI is InChI=1S/C21H27N3O4S/c1-3-11-24-12-9-17(10-13-24)22-21(25)19-15-20(28-23-19)16-5-7-18(8-6-16)29(26,27)14-4-2/h3,5-8,15,17H,1,4,9-14H2,2H3,(H,22,25). The third-order valence-corrected chi connectivity index (χ3v) is 6.96. The van der Waals surface area contributed by atoms with E-state index in [1.54, 1.807) is 30.3 Å². The zero-order valence-electron chi connectivity index (χ0n) is 16.6. The first kappa shape index (κ1) is 21.3. The van der Waals surface area contributed by atoms with E-state index in [-0.39, 0.29) is 28.3 Å². The predicted octanol–water partition coefficient (Wildman–Crippen LogP) is 2.91. The molecule has 29 heavy (non-hydrogen) atoms. The number of carbonyl (C=O) groups excluding carboxylic acids is 1. The van der Waals surface area contributed by atoms with Crippen molar-refractivity contribution < 1.29 is 17.7 Å². The summed E-state index contributed by atoms with van der Waals surface area (Å²) in [5, 5.41) is 6.89. The van der Waals surface area contributed by atoms with Crippen LogP contribution in [0, 0.1) is 0 Å². The lowest BCUT2D eigenvalue weighted by Crippen LogP contribution is -2.44. The van der Waals surface area contributed by atoms with Gasteiger partial charge in [-0.05, 0) is 43.5 Å². The molecule has 2 heterocycles. The average molecular weight is 418 g/mol. The second kappa shape index (κ2) is 9.37. The fraction of sp³-hybridized carbons (Fsp3) is 0.429. The molecule has 1 aliphatic heterocycles. The van der Waals surface area contributed by atoms with Crippen LogP contribution in [0.2, 0.25) is 0 Å². The first-order chi connectivity index (χ1) is 13.9. The van der Waals surface area contributed by atoms with Gasteiger partial charge in [-0.3, -0.25) is 9.69 Å². The van der Waals surface area contributed by atoms with Crippen molar-refractivity contribution in [2.24, 2.45) is 0 Å². The van der Waals surface area contributed by atoms with Crippen LogP contribution in [0.5, 0.6) is 0 Å². The minimum Gasteiger partial charge on any atom is -0.355 e. The van der Waals surface area contributed by atoms with Crippen molar-refractivity contribution in [2.45, 2.75) is 37.1 Å². The Labute approximate surface area is 171 Å². The predicted molar refractivity (Wildman–Crippen MR) is 111 cm³/mol. The number of amides is 1. The van der Waals surface area contributed by atoms with E-state index < -0.39 is 9.84 Å². The number of nitrogens with one attached hydrogen (secondary N) is 1.